The molecular formula is C20H20F3N3O2. The van der Waals surface area contributed by atoms with E-state index in [-0.39, 0.29) is 24.2 Å². The van der Waals surface area contributed by atoms with Crippen molar-refractivity contribution in [3.63, 3.8) is 0 Å². The second kappa shape index (κ2) is 7.07. The molecule has 1 aromatic carbocycles. The molecule has 0 atom stereocenters. The van der Waals surface area contributed by atoms with Gasteiger partial charge in [0.1, 0.15) is 5.71 Å². The van der Waals surface area contributed by atoms with Gasteiger partial charge in [-0.1, -0.05) is 18.2 Å². The zero-order valence-electron chi connectivity index (χ0n) is 15.2. The third-order valence-corrected chi connectivity index (χ3v) is 5.67. The van der Waals surface area contributed by atoms with Gasteiger partial charge in [-0.2, -0.15) is 13.2 Å². The van der Waals surface area contributed by atoms with Crippen LogP contribution in [0.15, 0.2) is 40.4 Å². The summed E-state index contributed by atoms with van der Waals surface area (Å²) >= 11 is 0. The van der Waals surface area contributed by atoms with Crippen molar-refractivity contribution in [1.29, 1.82) is 0 Å². The highest BCUT2D eigenvalue weighted by molar-refractivity contribution is 6.46. The SMILES string of the molecule is O=C1CC2=C(CN=C2C(=O)N2CCC(c3ccccc3C(F)(F)F)CC2)CN1. The van der Waals surface area contributed by atoms with Crippen molar-refractivity contribution in [3.05, 3.63) is 46.5 Å². The van der Waals surface area contributed by atoms with Gasteiger partial charge in [0, 0.05) is 19.6 Å². The number of halogens is 3. The summed E-state index contributed by atoms with van der Waals surface area (Å²) < 4.78 is 39.9. The molecule has 0 aliphatic carbocycles. The van der Waals surface area contributed by atoms with Crippen LogP contribution < -0.4 is 5.32 Å². The number of hydrogen-bond acceptors (Lipinski definition) is 3. The Bertz CT molecular complexity index is 881. The Labute approximate surface area is 160 Å². The Kier molecular flexibility index (Phi) is 4.72. The van der Waals surface area contributed by atoms with Crippen LogP contribution in [0, 0.1) is 0 Å². The van der Waals surface area contributed by atoms with E-state index in [1.807, 2.05) is 0 Å². The van der Waals surface area contributed by atoms with Crippen LogP contribution in [-0.2, 0) is 15.8 Å². The summed E-state index contributed by atoms with van der Waals surface area (Å²) in [6.45, 7) is 1.60. The third-order valence-electron chi connectivity index (χ3n) is 5.67. The molecule has 8 heteroatoms. The minimum atomic E-state index is -4.38. The summed E-state index contributed by atoms with van der Waals surface area (Å²) in [4.78, 5) is 30.5. The molecule has 1 fully saturated rings. The second-order valence-electron chi connectivity index (χ2n) is 7.35. The monoisotopic (exact) mass is 391 g/mol. The van der Waals surface area contributed by atoms with Crippen LogP contribution in [0.25, 0.3) is 0 Å². The Morgan fingerprint density at radius 1 is 1.18 bits per heavy atom. The van der Waals surface area contributed by atoms with E-state index in [9.17, 15) is 22.8 Å². The van der Waals surface area contributed by atoms with Crippen molar-refractivity contribution in [2.75, 3.05) is 26.2 Å². The maximum atomic E-state index is 13.3. The number of alkyl halides is 3. The van der Waals surface area contributed by atoms with Crippen LogP contribution in [0.2, 0.25) is 0 Å². The van der Waals surface area contributed by atoms with Crippen LogP contribution in [0.3, 0.4) is 0 Å². The first-order valence-corrected chi connectivity index (χ1v) is 9.32. The fourth-order valence-electron chi connectivity index (χ4n) is 4.18. The molecular weight excluding hydrogens is 371 g/mol. The summed E-state index contributed by atoms with van der Waals surface area (Å²) in [7, 11) is 0. The van der Waals surface area contributed by atoms with Crippen molar-refractivity contribution >= 4 is 17.5 Å². The number of nitrogens with zero attached hydrogens (tertiary/aromatic N) is 2. The first-order valence-electron chi connectivity index (χ1n) is 9.32. The van der Waals surface area contributed by atoms with Gasteiger partial charge in [-0.05, 0) is 41.5 Å². The molecule has 0 aromatic heterocycles. The van der Waals surface area contributed by atoms with Crippen molar-refractivity contribution in [2.45, 2.75) is 31.4 Å². The zero-order valence-corrected chi connectivity index (χ0v) is 15.2. The summed E-state index contributed by atoms with van der Waals surface area (Å²) in [6, 6.07) is 5.67. The molecule has 4 rings (SSSR count). The highest BCUT2D eigenvalue weighted by Crippen LogP contribution is 2.38. The lowest BCUT2D eigenvalue weighted by molar-refractivity contribution is -0.138. The fraction of sp³-hybridized carbons (Fsp3) is 0.450. The van der Waals surface area contributed by atoms with Crippen molar-refractivity contribution in [2.24, 2.45) is 4.99 Å². The lowest BCUT2D eigenvalue weighted by Gasteiger charge is -2.33. The van der Waals surface area contributed by atoms with Crippen molar-refractivity contribution < 1.29 is 22.8 Å². The number of likely N-dealkylation sites (tertiary alicyclic amines) is 1. The van der Waals surface area contributed by atoms with E-state index in [4.69, 9.17) is 0 Å². The smallest absolute Gasteiger partial charge is 0.352 e. The Morgan fingerprint density at radius 3 is 2.61 bits per heavy atom. The molecule has 1 aromatic rings. The lowest BCUT2D eigenvalue weighted by Crippen LogP contribution is -2.43. The zero-order chi connectivity index (χ0) is 19.9. The molecule has 0 radical (unpaired) electrons. The highest BCUT2D eigenvalue weighted by atomic mass is 19.4. The van der Waals surface area contributed by atoms with E-state index in [1.54, 1.807) is 11.0 Å². The van der Waals surface area contributed by atoms with Crippen LogP contribution in [0.4, 0.5) is 13.2 Å². The quantitative estimate of drug-likeness (QED) is 0.843. The van der Waals surface area contributed by atoms with E-state index < -0.39 is 11.7 Å². The number of amides is 2. The first-order chi connectivity index (χ1) is 13.3. The average molecular weight is 391 g/mol. The van der Waals surface area contributed by atoms with E-state index in [2.05, 4.69) is 10.3 Å². The van der Waals surface area contributed by atoms with Gasteiger partial charge in [0.25, 0.3) is 5.91 Å². The second-order valence-corrected chi connectivity index (χ2v) is 7.35. The highest BCUT2D eigenvalue weighted by Gasteiger charge is 2.37. The van der Waals surface area contributed by atoms with E-state index >= 15 is 0 Å². The van der Waals surface area contributed by atoms with Crippen LogP contribution in [0.5, 0.6) is 0 Å². The van der Waals surface area contributed by atoms with E-state index in [0.29, 0.717) is 50.3 Å². The minimum absolute atomic E-state index is 0.122. The molecule has 3 aliphatic heterocycles. The van der Waals surface area contributed by atoms with Gasteiger partial charge < -0.3 is 10.2 Å². The molecule has 0 saturated carbocycles. The van der Waals surface area contributed by atoms with E-state index in [1.165, 1.54) is 12.1 Å². The number of carbonyl (C=O) groups is 2. The van der Waals surface area contributed by atoms with Gasteiger partial charge in [0.15, 0.2) is 0 Å². The number of benzene rings is 1. The summed E-state index contributed by atoms with van der Waals surface area (Å²) in [6.07, 6.45) is -3.28. The van der Waals surface area contributed by atoms with E-state index in [0.717, 1.165) is 17.2 Å². The van der Waals surface area contributed by atoms with Crippen LogP contribution >= 0.6 is 0 Å². The molecule has 0 bridgehead atoms. The predicted octanol–water partition coefficient (Wildman–Crippen LogP) is 2.68. The molecule has 3 heterocycles. The average Bonchev–Trinajstić information content (AvgIpc) is 3.10. The number of piperidine rings is 1. The summed E-state index contributed by atoms with van der Waals surface area (Å²) in [5, 5.41) is 2.75. The van der Waals surface area contributed by atoms with Gasteiger partial charge >= 0.3 is 6.18 Å². The van der Waals surface area contributed by atoms with Gasteiger partial charge in [-0.25, -0.2) is 0 Å². The molecule has 2 amide bonds. The summed E-state index contributed by atoms with van der Waals surface area (Å²) in [5.41, 5.74) is 1.74. The molecule has 28 heavy (non-hydrogen) atoms. The normalized spacial score (nSPS) is 20.8. The maximum Gasteiger partial charge on any atom is 0.416 e. The molecule has 1 saturated heterocycles. The summed E-state index contributed by atoms with van der Waals surface area (Å²) in [5.74, 6) is -0.575. The number of carbonyl (C=O) groups excluding carboxylic acids is 2. The molecule has 5 nitrogen and oxygen atoms in total. The van der Waals surface area contributed by atoms with Crippen LogP contribution in [-0.4, -0.2) is 48.6 Å². The number of rotatable bonds is 2. The Morgan fingerprint density at radius 2 is 1.89 bits per heavy atom. The molecule has 3 aliphatic rings. The molecule has 1 N–H and O–H groups in total. The third kappa shape index (κ3) is 3.43. The maximum absolute atomic E-state index is 13.3. The molecule has 148 valence electrons. The van der Waals surface area contributed by atoms with Gasteiger partial charge in [-0.15, -0.1) is 0 Å². The fourth-order valence-corrected chi connectivity index (χ4v) is 4.18. The van der Waals surface area contributed by atoms with Crippen molar-refractivity contribution in [1.82, 2.24) is 10.2 Å². The Hall–Kier alpha value is -2.64. The van der Waals surface area contributed by atoms with Gasteiger partial charge in [-0.3, -0.25) is 14.6 Å². The van der Waals surface area contributed by atoms with Crippen LogP contribution in [0.1, 0.15) is 36.3 Å². The Balaban J connectivity index is 1.45. The predicted molar refractivity (Wildman–Crippen MR) is 97.0 cm³/mol. The molecule has 0 spiro atoms. The lowest BCUT2D eigenvalue weighted by atomic mass is 9.86. The number of aliphatic imine (C=N–C) groups is 1. The van der Waals surface area contributed by atoms with Gasteiger partial charge in [0.05, 0.1) is 18.5 Å². The first kappa shape index (κ1) is 18.7. The largest absolute Gasteiger partial charge is 0.416 e. The number of hydrogen-bond donors (Lipinski definition) is 1. The van der Waals surface area contributed by atoms with Crippen molar-refractivity contribution in [3.8, 4) is 0 Å². The minimum Gasteiger partial charge on any atom is -0.352 e. The molecule has 0 unspecified atom stereocenters. The van der Waals surface area contributed by atoms with Gasteiger partial charge in [0.2, 0.25) is 5.91 Å². The number of nitrogens with one attached hydrogen (secondary N) is 1. The topological polar surface area (TPSA) is 61.8 Å². The standard InChI is InChI=1S/C20H20F3N3O2/c21-20(22,23)16-4-2-1-3-14(16)12-5-7-26(8-6-12)19(28)18-15-9-17(27)24-10-13(15)11-25-18/h1-4,12H,5-11H2,(H,24,27).